The summed E-state index contributed by atoms with van der Waals surface area (Å²) in [6.45, 7) is 1.91. The van der Waals surface area contributed by atoms with E-state index in [1.807, 2.05) is 4.57 Å². The fourth-order valence-electron chi connectivity index (χ4n) is 5.10. The van der Waals surface area contributed by atoms with Gasteiger partial charge in [0, 0.05) is 36.3 Å². The summed E-state index contributed by atoms with van der Waals surface area (Å²) in [6, 6.07) is 14.3. The molecular weight excluding hydrogens is 546 g/mol. The molecule has 3 nitrogen and oxygen atoms in total. The van der Waals surface area contributed by atoms with Crippen LogP contribution in [0.25, 0.3) is 16.6 Å². The summed E-state index contributed by atoms with van der Waals surface area (Å²) in [4.78, 5) is 2.19. The second-order valence-electron chi connectivity index (χ2n) is 9.32. The van der Waals surface area contributed by atoms with Gasteiger partial charge >= 0.3 is 6.18 Å². The Hall–Kier alpha value is -2.65. The van der Waals surface area contributed by atoms with Crippen molar-refractivity contribution in [2.45, 2.75) is 38.1 Å². The second-order valence-corrected chi connectivity index (χ2v) is 9.73. The third-order valence-corrected chi connectivity index (χ3v) is 7.24. The maximum Gasteiger partial charge on any atom is 0.417 e. The van der Waals surface area contributed by atoms with E-state index in [1.54, 1.807) is 18.2 Å². The molecule has 202 valence electrons. The van der Waals surface area contributed by atoms with Crippen LogP contribution < -0.4 is 0 Å². The first-order chi connectivity index (χ1) is 17.6. The van der Waals surface area contributed by atoms with Gasteiger partial charge in [0.15, 0.2) is 0 Å². The molecule has 1 aliphatic rings. The zero-order chi connectivity index (χ0) is 26.3. The summed E-state index contributed by atoms with van der Waals surface area (Å²) in [7, 11) is 0. The van der Waals surface area contributed by atoms with Gasteiger partial charge in [0.1, 0.15) is 11.6 Å². The van der Waals surface area contributed by atoms with Gasteiger partial charge in [0.25, 0.3) is 0 Å². The van der Waals surface area contributed by atoms with Crippen molar-refractivity contribution in [2.24, 2.45) is 0 Å². The van der Waals surface area contributed by atoms with Crippen LogP contribution in [0.3, 0.4) is 0 Å². The van der Waals surface area contributed by atoms with E-state index in [1.165, 1.54) is 30.3 Å². The number of hydrogen-bond acceptors (Lipinski definition) is 2. The second kappa shape index (κ2) is 11.2. The normalized spacial score (nSPS) is 14.8. The smallest absolute Gasteiger partial charge is 0.388 e. The van der Waals surface area contributed by atoms with Crippen molar-refractivity contribution in [2.75, 3.05) is 13.1 Å². The molecule has 3 aromatic carbocycles. The number of benzene rings is 3. The van der Waals surface area contributed by atoms with Crippen molar-refractivity contribution >= 4 is 34.9 Å². The van der Waals surface area contributed by atoms with Crippen molar-refractivity contribution in [3.8, 4) is 5.69 Å². The monoisotopic (exact) mass is 570 g/mol. The molecule has 1 aromatic heterocycles. The van der Waals surface area contributed by atoms with E-state index in [9.17, 15) is 27.1 Å². The van der Waals surface area contributed by atoms with Gasteiger partial charge in [-0.15, -0.1) is 12.4 Å². The van der Waals surface area contributed by atoms with E-state index in [2.05, 4.69) is 4.90 Å². The first kappa shape index (κ1) is 28.4. The number of hydrogen-bond donors (Lipinski definition) is 1. The quantitative estimate of drug-likeness (QED) is 0.239. The number of nitrogens with zero attached hydrogens (tertiary/aromatic N) is 2. The number of alkyl halides is 3. The first-order valence-electron chi connectivity index (χ1n) is 12.0. The van der Waals surface area contributed by atoms with Gasteiger partial charge in [-0.3, -0.25) is 4.90 Å². The Balaban J connectivity index is 0.00000336. The van der Waals surface area contributed by atoms with Gasteiger partial charge in [-0.1, -0.05) is 17.7 Å². The molecule has 1 atom stereocenters. The lowest BCUT2D eigenvalue weighted by Gasteiger charge is -2.28. The molecule has 0 amide bonds. The van der Waals surface area contributed by atoms with E-state index < -0.39 is 22.9 Å². The van der Waals surface area contributed by atoms with Crippen LogP contribution in [-0.2, 0) is 19.1 Å². The van der Waals surface area contributed by atoms with Gasteiger partial charge < -0.3 is 9.67 Å². The fraction of sp³-hybridized carbons (Fsp3) is 0.286. The molecule has 1 aliphatic heterocycles. The van der Waals surface area contributed by atoms with Gasteiger partial charge in [0.2, 0.25) is 0 Å². The van der Waals surface area contributed by atoms with Crippen LogP contribution in [0, 0.1) is 11.6 Å². The number of fused-ring (bicyclic) bond motifs is 3. The SMILES string of the molecule is Cl.OC(CCCN1CCc2c(c3cc(F)ccc3n2-c2ccc(F)cc2)C1)c1ccc(Cl)c(C(F)(F)F)c1. The summed E-state index contributed by atoms with van der Waals surface area (Å²) < 4.78 is 69.2. The van der Waals surface area contributed by atoms with E-state index in [0.717, 1.165) is 46.5 Å². The zero-order valence-corrected chi connectivity index (χ0v) is 21.7. The molecule has 1 unspecified atom stereocenters. The molecule has 0 radical (unpaired) electrons. The minimum Gasteiger partial charge on any atom is -0.388 e. The molecule has 1 N–H and O–H groups in total. The Morgan fingerprint density at radius 1 is 0.947 bits per heavy atom. The third kappa shape index (κ3) is 5.69. The molecule has 0 saturated heterocycles. The molecule has 38 heavy (non-hydrogen) atoms. The Morgan fingerprint density at radius 3 is 2.37 bits per heavy atom. The highest BCUT2D eigenvalue weighted by atomic mass is 35.5. The first-order valence-corrected chi connectivity index (χ1v) is 12.3. The number of aliphatic hydroxyl groups excluding tert-OH is 1. The summed E-state index contributed by atoms with van der Waals surface area (Å²) in [5.74, 6) is -0.672. The van der Waals surface area contributed by atoms with Crippen LogP contribution in [0.15, 0.2) is 60.7 Å². The molecule has 0 aliphatic carbocycles. The van der Waals surface area contributed by atoms with Crippen LogP contribution in [0.2, 0.25) is 5.02 Å². The lowest BCUT2D eigenvalue weighted by atomic mass is 10.0. The molecule has 0 spiro atoms. The summed E-state index contributed by atoms with van der Waals surface area (Å²) in [5, 5.41) is 10.9. The summed E-state index contributed by atoms with van der Waals surface area (Å²) >= 11 is 5.68. The molecular formula is C28H25Cl2F5N2O. The predicted molar refractivity (Wildman–Crippen MR) is 140 cm³/mol. The maximum atomic E-state index is 14.2. The van der Waals surface area contributed by atoms with E-state index in [4.69, 9.17) is 11.6 Å². The van der Waals surface area contributed by atoms with E-state index in [-0.39, 0.29) is 36.0 Å². The fourth-order valence-corrected chi connectivity index (χ4v) is 5.33. The Kier molecular flexibility index (Phi) is 8.37. The van der Waals surface area contributed by atoms with E-state index >= 15 is 0 Å². The Bertz CT molecular complexity index is 1440. The highest BCUT2D eigenvalue weighted by Crippen LogP contribution is 2.37. The van der Waals surface area contributed by atoms with Crippen LogP contribution >= 0.6 is 24.0 Å². The topological polar surface area (TPSA) is 28.4 Å². The van der Waals surface area contributed by atoms with Gasteiger partial charge in [-0.25, -0.2) is 8.78 Å². The van der Waals surface area contributed by atoms with Crippen LogP contribution in [0.4, 0.5) is 22.0 Å². The lowest BCUT2D eigenvalue weighted by Crippen LogP contribution is -2.32. The predicted octanol–water partition coefficient (Wildman–Crippen LogP) is 7.87. The number of halogens is 7. The van der Waals surface area contributed by atoms with Crippen LogP contribution in [0.5, 0.6) is 0 Å². The average molecular weight is 571 g/mol. The molecule has 2 heterocycles. The van der Waals surface area contributed by atoms with Crippen LogP contribution in [-0.4, -0.2) is 27.7 Å². The molecule has 10 heteroatoms. The zero-order valence-electron chi connectivity index (χ0n) is 20.1. The molecule has 5 rings (SSSR count). The maximum absolute atomic E-state index is 14.2. The van der Waals surface area contributed by atoms with Crippen molar-refractivity contribution in [1.82, 2.24) is 9.47 Å². The van der Waals surface area contributed by atoms with Gasteiger partial charge in [-0.05, 0) is 85.1 Å². The Labute approximate surface area is 227 Å². The highest BCUT2D eigenvalue weighted by molar-refractivity contribution is 6.31. The Morgan fingerprint density at radius 2 is 1.66 bits per heavy atom. The number of aromatic nitrogens is 1. The third-order valence-electron chi connectivity index (χ3n) is 6.91. The van der Waals surface area contributed by atoms with Crippen molar-refractivity contribution < 1.29 is 27.1 Å². The molecule has 0 saturated carbocycles. The van der Waals surface area contributed by atoms with Crippen molar-refractivity contribution in [1.29, 1.82) is 0 Å². The van der Waals surface area contributed by atoms with E-state index in [0.29, 0.717) is 25.9 Å². The lowest BCUT2D eigenvalue weighted by molar-refractivity contribution is -0.137. The number of aliphatic hydroxyl groups is 1. The van der Waals surface area contributed by atoms with Gasteiger partial charge in [0.05, 0.1) is 22.2 Å². The summed E-state index contributed by atoms with van der Waals surface area (Å²) in [6.07, 6.45) is -4.10. The van der Waals surface area contributed by atoms with Crippen molar-refractivity contribution in [3.05, 3.63) is 99.7 Å². The summed E-state index contributed by atoms with van der Waals surface area (Å²) in [5.41, 5.74) is 2.91. The minimum atomic E-state index is -4.59. The molecule has 0 bridgehead atoms. The highest BCUT2D eigenvalue weighted by Gasteiger charge is 2.34. The standard InChI is InChI=1S/C28H24ClF5N2O.ClH/c29-24-9-3-17(14-23(24)28(32,33)34)27(37)2-1-12-35-13-11-26-22(16-35)21-15-19(31)6-10-25(21)36(26)20-7-4-18(30)5-8-20;/h3-10,14-15,27,37H,1-2,11-13,16H2;1H. The van der Waals surface area contributed by atoms with Gasteiger partial charge in [-0.2, -0.15) is 13.2 Å². The van der Waals surface area contributed by atoms with Crippen molar-refractivity contribution in [3.63, 3.8) is 0 Å². The molecule has 4 aromatic rings. The average Bonchev–Trinajstić information content (AvgIpc) is 3.17. The minimum absolute atomic E-state index is 0. The van der Waals surface area contributed by atoms with Crippen LogP contribution in [0.1, 0.15) is 41.3 Å². The molecule has 0 fully saturated rings. The number of rotatable bonds is 6. The largest absolute Gasteiger partial charge is 0.417 e.